The molecule has 0 aromatic rings. The van der Waals surface area contributed by atoms with Gasteiger partial charge < -0.3 is 0 Å². The normalized spacial score (nSPS) is 38.5. The highest BCUT2D eigenvalue weighted by molar-refractivity contribution is 4.93. The van der Waals surface area contributed by atoms with E-state index in [0.717, 1.165) is 23.7 Å². The van der Waals surface area contributed by atoms with Crippen molar-refractivity contribution in [3.05, 3.63) is 0 Å². The number of rotatable bonds is 4. The maximum absolute atomic E-state index is 2.51. The summed E-state index contributed by atoms with van der Waals surface area (Å²) in [4.78, 5) is 0. The molecule has 0 aromatic heterocycles. The Hall–Kier alpha value is 0. The monoisotopic (exact) mass is 392 g/mol. The molecule has 2 fully saturated rings. The van der Waals surface area contributed by atoms with Crippen molar-refractivity contribution in [2.45, 2.75) is 134 Å². The summed E-state index contributed by atoms with van der Waals surface area (Å²) in [6.07, 6.45) is 11.3. The second-order valence-electron chi connectivity index (χ2n) is 14.1. The van der Waals surface area contributed by atoms with Gasteiger partial charge in [0.1, 0.15) is 0 Å². The molecule has 2 aliphatic carbocycles. The van der Waals surface area contributed by atoms with Crippen LogP contribution in [0.25, 0.3) is 0 Å². The van der Waals surface area contributed by atoms with E-state index in [1.54, 1.807) is 0 Å². The van der Waals surface area contributed by atoms with Gasteiger partial charge in [0.15, 0.2) is 0 Å². The van der Waals surface area contributed by atoms with Gasteiger partial charge in [-0.25, -0.2) is 0 Å². The highest BCUT2D eigenvalue weighted by atomic mass is 14.5. The Labute approximate surface area is 180 Å². The Morgan fingerprint density at radius 3 is 1.57 bits per heavy atom. The summed E-state index contributed by atoms with van der Waals surface area (Å²) >= 11 is 0. The van der Waals surface area contributed by atoms with Crippen molar-refractivity contribution in [2.75, 3.05) is 0 Å². The molecular weight excluding hydrogens is 336 g/mol. The van der Waals surface area contributed by atoms with E-state index in [1.807, 2.05) is 0 Å². The molecule has 2 aliphatic rings. The van der Waals surface area contributed by atoms with E-state index in [-0.39, 0.29) is 0 Å². The van der Waals surface area contributed by atoms with Crippen molar-refractivity contribution >= 4 is 0 Å². The Balaban J connectivity index is 0.000000280. The zero-order chi connectivity index (χ0) is 22.0. The largest absolute Gasteiger partial charge is 0.0651 e. The summed E-state index contributed by atoms with van der Waals surface area (Å²) in [5.74, 6) is 3.56. The molecule has 2 rings (SSSR count). The van der Waals surface area contributed by atoms with Crippen LogP contribution in [0.2, 0.25) is 0 Å². The van der Waals surface area contributed by atoms with Crippen molar-refractivity contribution in [3.8, 4) is 0 Å². The van der Waals surface area contributed by atoms with Crippen LogP contribution in [0.5, 0.6) is 0 Å². The van der Waals surface area contributed by atoms with Gasteiger partial charge in [0.2, 0.25) is 0 Å². The summed E-state index contributed by atoms with van der Waals surface area (Å²) in [5.41, 5.74) is 2.34. The Kier molecular flexibility index (Phi) is 8.77. The minimum Gasteiger partial charge on any atom is -0.0651 e. The predicted octanol–water partition coefficient (Wildman–Crippen LogP) is 9.77. The average Bonchev–Trinajstić information content (AvgIpc) is 2.39. The fourth-order valence-electron chi connectivity index (χ4n) is 8.21. The smallest absolute Gasteiger partial charge is 0.0293 e. The molecule has 5 unspecified atom stereocenters. The quantitative estimate of drug-likeness (QED) is 0.446. The van der Waals surface area contributed by atoms with Crippen LogP contribution < -0.4 is 0 Å². The van der Waals surface area contributed by atoms with Gasteiger partial charge in [0, 0.05) is 0 Å². The van der Waals surface area contributed by atoms with Gasteiger partial charge in [-0.2, -0.15) is 0 Å². The molecule has 28 heavy (non-hydrogen) atoms. The van der Waals surface area contributed by atoms with Crippen LogP contribution in [0, 0.1) is 45.3 Å². The molecule has 5 atom stereocenters. The summed E-state index contributed by atoms with van der Waals surface area (Å²) in [6.45, 7) is 29.2. The van der Waals surface area contributed by atoms with Crippen LogP contribution in [0.4, 0.5) is 0 Å². The lowest BCUT2D eigenvalue weighted by Gasteiger charge is -2.49. The van der Waals surface area contributed by atoms with Crippen LogP contribution >= 0.6 is 0 Å². The van der Waals surface area contributed by atoms with Crippen LogP contribution in [0.3, 0.4) is 0 Å². The van der Waals surface area contributed by atoms with E-state index < -0.39 is 0 Å². The van der Waals surface area contributed by atoms with Crippen molar-refractivity contribution in [1.29, 1.82) is 0 Å². The van der Waals surface area contributed by atoms with Crippen LogP contribution in [-0.2, 0) is 0 Å². The first kappa shape index (κ1) is 26.0. The highest BCUT2D eigenvalue weighted by Crippen LogP contribution is 2.53. The minimum absolute atomic E-state index is 0.565. The van der Waals surface area contributed by atoms with Crippen molar-refractivity contribution < 1.29 is 0 Å². The Morgan fingerprint density at radius 2 is 1.18 bits per heavy atom. The fraction of sp³-hybridized carbons (Fsp3) is 1.00. The zero-order valence-corrected chi connectivity index (χ0v) is 22.0. The third kappa shape index (κ3) is 8.02. The lowest BCUT2D eigenvalue weighted by Crippen LogP contribution is -2.38. The maximum atomic E-state index is 2.51. The average molecular weight is 393 g/mol. The van der Waals surface area contributed by atoms with E-state index in [4.69, 9.17) is 0 Å². The molecule has 0 aromatic carbocycles. The molecule has 0 aliphatic heterocycles. The van der Waals surface area contributed by atoms with Gasteiger partial charge in [0.25, 0.3) is 0 Å². The van der Waals surface area contributed by atoms with E-state index in [1.165, 1.54) is 51.4 Å². The third-order valence-electron chi connectivity index (χ3n) is 7.95. The molecule has 0 spiro atoms. The lowest BCUT2D eigenvalue weighted by atomic mass is 9.57. The standard InChI is InChI=1S/2C14H28/c1-11(2)7-14(6)9-12(3)8-13(4,5)10-14;1-7-12(3)14(6)9-11(2)8-13(4,5)10-14/h2*11-12H,7-10H2,1-6H3. The van der Waals surface area contributed by atoms with E-state index in [2.05, 4.69) is 83.1 Å². The van der Waals surface area contributed by atoms with Gasteiger partial charge in [-0.3, -0.25) is 0 Å². The van der Waals surface area contributed by atoms with E-state index in [0.29, 0.717) is 21.7 Å². The SMILES string of the molecule is CC(C)CC1(C)CC(C)CC(C)(C)C1.CCC(C)C1(C)CC(C)CC(C)(C)C1. The second kappa shape index (κ2) is 9.43. The van der Waals surface area contributed by atoms with Crippen LogP contribution in [0.1, 0.15) is 134 Å². The summed E-state index contributed by atoms with van der Waals surface area (Å²) in [7, 11) is 0. The molecule has 2 saturated carbocycles. The molecule has 0 heterocycles. The van der Waals surface area contributed by atoms with E-state index in [9.17, 15) is 0 Å². The topological polar surface area (TPSA) is 0 Å². The van der Waals surface area contributed by atoms with Gasteiger partial charge >= 0.3 is 0 Å². The van der Waals surface area contributed by atoms with Gasteiger partial charge in [-0.15, -0.1) is 0 Å². The zero-order valence-electron chi connectivity index (χ0n) is 22.0. The van der Waals surface area contributed by atoms with Crippen LogP contribution in [0.15, 0.2) is 0 Å². The second-order valence-corrected chi connectivity index (χ2v) is 14.1. The molecule has 0 heteroatoms. The first-order chi connectivity index (χ1) is 12.5. The first-order valence-electron chi connectivity index (χ1n) is 12.5. The lowest BCUT2D eigenvalue weighted by molar-refractivity contribution is 0.0179. The molecule has 0 nitrogen and oxygen atoms in total. The van der Waals surface area contributed by atoms with Crippen molar-refractivity contribution in [1.82, 2.24) is 0 Å². The minimum atomic E-state index is 0.565. The third-order valence-corrected chi connectivity index (χ3v) is 7.95. The summed E-state index contributed by atoms with van der Waals surface area (Å²) in [6, 6.07) is 0. The maximum Gasteiger partial charge on any atom is -0.0293 e. The van der Waals surface area contributed by atoms with Gasteiger partial charge in [0.05, 0.1) is 0 Å². The summed E-state index contributed by atoms with van der Waals surface area (Å²) < 4.78 is 0. The van der Waals surface area contributed by atoms with E-state index >= 15 is 0 Å². The summed E-state index contributed by atoms with van der Waals surface area (Å²) in [5, 5.41) is 0. The Bertz CT molecular complexity index is 466. The van der Waals surface area contributed by atoms with Crippen molar-refractivity contribution in [2.24, 2.45) is 45.3 Å². The highest BCUT2D eigenvalue weighted by Gasteiger charge is 2.42. The predicted molar refractivity (Wildman–Crippen MR) is 129 cm³/mol. The molecule has 0 radical (unpaired) electrons. The molecule has 0 bridgehead atoms. The molecule has 0 amide bonds. The molecule has 0 N–H and O–H groups in total. The number of hydrogen-bond acceptors (Lipinski definition) is 0. The molecule has 0 saturated heterocycles. The van der Waals surface area contributed by atoms with Crippen LogP contribution in [-0.4, -0.2) is 0 Å². The Morgan fingerprint density at radius 1 is 0.714 bits per heavy atom. The van der Waals surface area contributed by atoms with Gasteiger partial charge in [-0.1, -0.05) is 89.5 Å². The van der Waals surface area contributed by atoms with Crippen molar-refractivity contribution in [3.63, 3.8) is 0 Å². The number of hydrogen-bond donors (Lipinski definition) is 0. The van der Waals surface area contributed by atoms with Gasteiger partial charge in [-0.05, 0) is 90.3 Å². The molecular formula is C28H56. The fourth-order valence-corrected chi connectivity index (χ4v) is 8.21. The molecule has 168 valence electrons. The first-order valence-corrected chi connectivity index (χ1v) is 12.5.